The summed E-state index contributed by atoms with van der Waals surface area (Å²) in [6, 6.07) is 7.53. The van der Waals surface area contributed by atoms with Gasteiger partial charge in [-0.15, -0.1) is 0 Å². The average molecular weight is 276 g/mol. The Morgan fingerprint density at radius 1 is 1.05 bits per heavy atom. The molecule has 0 atom stereocenters. The van der Waals surface area contributed by atoms with Crippen LogP contribution in [-0.4, -0.2) is 54.7 Å². The highest BCUT2D eigenvalue weighted by molar-refractivity contribution is 5.99. The molecular weight excluding hydrogens is 252 g/mol. The van der Waals surface area contributed by atoms with E-state index >= 15 is 0 Å². The zero-order chi connectivity index (χ0) is 15.1. The number of amides is 1. The van der Waals surface area contributed by atoms with Crippen LogP contribution >= 0.6 is 0 Å². The van der Waals surface area contributed by atoms with E-state index < -0.39 is 0 Å². The molecule has 110 valence electrons. The number of Topliss-reactive ketones (excluding diaryl/α,β-unsaturated/α-hetero) is 1. The van der Waals surface area contributed by atoms with Gasteiger partial charge in [0.15, 0.2) is 5.78 Å². The highest BCUT2D eigenvalue weighted by atomic mass is 16.2. The zero-order valence-corrected chi connectivity index (χ0v) is 12.8. The van der Waals surface area contributed by atoms with Crippen LogP contribution in [0.5, 0.6) is 0 Å². The monoisotopic (exact) mass is 276 g/mol. The van der Waals surface area contributed by atoms with Crippen molar-refractivity contribution in [2.75, 3.05) is 33.2 Å². The van der Waals surface area contributed by atoms with E-state index in [9.17, 15) is 9.59 Å². The lowest BCUT2D eigenvalue weighted by atomic mass is 10.0. The van der Waals surface area contributed by atoms with Crippen LogP contribution in [-0.2, 0) is 4.79 Å². The molecule has 0 saturated carbocycles. The molecule has 1 aromatic rings. The molecule has 0 fully saturated rings. The van der Waals surface area contributed by atoms with E-state index in [-0.39, 0.29) is 24.8 Å². The van der Waals surface area contributed by atoms with E-state index in [1.165, 1.54) is 0 Å². The molecule has 0 radical (unpaired) electrons. The van der Waals surface area contributed by atoms with Crippen LogP contribution in [0.25, 0.3) is 0 Å². The van der Waals surface area contributed by atoms with Gasteiger partial charge < -0.3 is 4.90 Å². The maximum atomic E-state index is 12.2. The molecule has 1 aromatic carbocycles. The van der Waals surface area contributed by atoms with Gasteiger partial charge in [-0.1, -0.05) is 24.3 Å². The summed E-state index contributed by atoms with van der Waals surface area (Å²) in [7, 11) is 1.80. The van der Waals surface area contributed by atoms with Crippen LogP contribution < -0.4 is 0 Å². The van der Waals surface area contributed by atoms with Crippen LogP contribution in [0.15, 0.2) is 24.3 Å². The molecule has 4 nitrogen and oxygen atoms in total. The first kappa shape index (κ1) is 16.4. The standard InChI is InChI=1S/C16H24N2O2/c1-5-18(6-2)16(20)12-17(4)11-15(19)14-10-8-7-9-13(14)3/h7-10H,5-6,11-12H2,1-4H3. The first-order valence-electron chi connectivity index (χ1n) is 7.04. The van der Waals surface area contributed by atoms with E-state index in [0.717, 1.165) is 11.1 Å². The Morgan fingerprint density at radius 2 is 1.65 bits per heavy atom. The fourth-order valence-electron chi connectivity index (χ4n) is 2.18. The van der Waals surface area contributed by atoms with Crippen molar-refractivity contribution in [3.05, 3.63) is 35.4 Å². The van der Waals surface area contributed by atoms with Crippen molar-refractivity contribution < 1.29 is 9.59 Å². The lowest BCUT2D eigenvalue weighted by Gasteiger charge is -2.22. The van der Waals surface area contributed by atoms with E-state index in [1.54, 1.807) is 16.8 Å². The summed E-state index contributed by atoms with van der Waals surface area (Å²) in [6.45, 7) is 7.79. The Bertz CT molecular complexity index is 467. The molecule has 4 heteroatoms. The molecule has 0 aliphatic carbocycles. The number of benzene rings is 1. The molecule has 0 spiro atoms. The lowest BCUT2D eigenvalue weighted by Crippen LogP contribution is -2.40. The summed E-state index contributed by atoms with van der Waals surface area (Å²) in [5.41, 5.74) is 1.70. The van der Waals surface area contributed by atoms with Gasteiger partial charge in [0.1, 0.15) is 0 Å². The summed E-state index contributed by atoms with van der Waals surface area (Å²) >= 11 is 0. The van der Waals surface area contributed by atoms with Gasteiger partial charge in [-0.25, -0.2) is 0 Å². The van der Waals surface area contributed by atoms with Gasteiger partial charge in [0.25, 0.3) is 0 Å². The van der Waals surface area contributed by atoms with E-state index in [4.69, 9.17) is 0 Å². The average Bonchev–Trinajstić information content (AvgIpc) is 2.40. The third-order valence-corrected chi connectivity index (χ3v) is 3.38. The SMILES string of the molecule is CCN(CC)C(=O)CN(C)CC(=O)c1ccccc1C. The number of rotatable bonds is 7. The van der Waals surface area contributed by atoms with Crippen LogP contribution in [0.1, 0.15) is 29.8 Å². The quantitative estimate of drug-likeness (QED) is 0.715. The molecule has 0 unspecified atom stereocenters. The highest BCUT2D eigenvalue weighted by Crippen LogP contribution is 2.08. The van der Waals surface area contributed by atoms with Gasteiger partial charge in [-0.2, -0.15) is 0 Å². The summed E-state index contributed by atoms with van der Waals surface area (Å²) < 4.78 is 0. The van der Waals surface area contributed by atoms with Crippen molar-refractivity contribution in [1.82, 2.24) is 9.80 Å². The molecule has 0 aliphatic rings. The summed E-state index contributed by atoms with van der Waals surface area (Å²) in [5.74, 6) is 0.119. The Balaban J connectivity index is 2.58. The Hall–Kier alpha value is -1.68. The minimum Gasteiger partial charge on any atom is -0.342 e. The van der Waals surface area contributed by atoms with Gasteiger partial charge in [0.05, 0.1) is 13.1 Å². The predicted molar refractivity (Wildman–Crippen MR) is 80.9 cm³/mol. The van der Waals surface area contributed by atoms with Crippen molar-refractivity contribution in [3.63, 3.8) is 0 Å². The maximum Gasteiger partial charge on any atom is 0.236 e. The number of carbonyl (C=O) groups excluding carboxylic acids is 2. The Kier molecular flexibility index (Phi) is 6.39. The molecule has 1 rings (SSSR count). The van der Waals surface area contributed by atoms with Crippen LogP contribution in [0.4, 0.5) is 0 Å². The second kappa shape index (κ2) is 7.80. The Labute approximate surface area is 121 Å². The molecular formula is C16H24N2O2. The Morgan fingerprint density at radius 3 is 2.20 bits per heavy atom. The number of hydrogen-bond acceptors (Lipinski definition) is 3. The molecule has 0 saturated heterocycles. The number of ketones is 1. The second-order valence-corrected chi connectivity index (χ2v) is 4.98. The van der Waals surface area contributed by atoms with E-state index in [2.05, 4.69) is 0 Å². The molecule has 0 N–H and O–H groups in total. The topological polar surface area (TPSA) is 40.6 Å². The molecule has 0 bridgehead atoms. The lowest BCUT2D eigenvalue weighted by molar-refractivity contribution is -0.131. The zero-order valence-electron chi connectivity index (χ0n) is 12.8. The first-order chi connectivity index (χ1) is 9.49. The first-order valence-corrected chi connectivity index (χ1v) is 7.04. The van der Waals surface area contributed by atoms with Crippen LogP contribution in [0, 0.1) is 6.92 Å². The third kappa shape index (κ3) is 4.46. The third-order valence-electron chi connectivity index (χ3n) is 3.38. The predicted octanol–water partition coefficient (Wildman–Crippen LogP) is 1.98. The number of nitrogens with zero attached hydrogens (tertiary/aromatic N) is 2. The number of hydrogen-bond donors (Lipinski definition) is 0. The van der Waals surface area contributed by atoms with Gasteiger partial charge in [-0.3, -0.25) is 14.5 Å². The van der Waals surface area contributed by atoms with Crippen LogP contribution in [0.3, 0.4) is 0 Å². The van der Waals surface area contributed by atoms with Gasteiger partial charge in [0, 0.05) is 18.7 Å². The smallest absolute Gasteiger partial charge is 0.236 e. The molecule has 0 aliphatic heterocycles. The molecule has 20 heavy (non-hydrogen) atoms. The minimum atomic E-state index is 0.0537. The summed E-state index contributed by atoms with van der Waals surface area (Å²) in [5, 5.41) is 0. The minimum absolute atomic E-state index is 0.0537. The van der Waals surface area contributed by atoms with Crippen LogP contribution in [0.2, 0.25) is 0 Å². The summed E-state index contributed by atoms with van der Waals surface area (Å²) in [4.78, 5) is 27.7. The van der Waals surface area contributed by atoms with Gasteiger partial charge in [0.2, 0.25) is 5.91 Å². The number of aryl methyl sites for hydroxylation is 1. The fourth-order valence-corrected chi connectivity index (χ4v) is 2.18. The summed E-state index contributed by atoms with van der Waals surface area (Å²) in [6.07, 6.45) is 0. The maximum absolute atomic E-state index is 12.2. The highest BCUT2D eigenvalue weighted by Gasteiger charge is 2.16. The van der Waals surface area contributed by atoms with Gasteiger partial charge in [-0.05, 0) is 33.4 Å². The molecule has 1 amide bonds. The molecule has 0 aromatic heterocycles. The van der Waals surface area contributed by atoms with Gasteiger partial charge >= 0.3 is 0 Å². The van der Waals surface area contributed by atoms with Crippen molar-refractivity contribution >= 4 is 11.7 Å². The normalized spacial score (nSPS) is 10.7. The number of likely N-dealkylation sites (N-methyl/N-ethyl adjacent to an activating group) is 2. The van der Waals surface area contributed by atoms with Crippen molar-refractivity contribution in [2.45, 2.75) is 20.8 Å². The molecule has 0 heterocycles. The van der Waals surface area contributed by atoms with Crippen molar-refractivity contribution in [2.24, 2.45) is 0 Å². The fraction of sp³-hybridized carbons (Fsp3) is 0.500. The van der Waals surface area contributed by atoms with Crippen molar-refractivity contribution in [1.29, 1.82) is 0 Å². The largest absolute Gasteiger partial charge is 0.342 e. The second-order valence-electron chi connectivity index (χ2n) is 4.98. The van der Waals surface area contributed by atoms with Crippen molar-refractivity contribution in [3.8, 4) is 0 Å². The van der Waals surface area contributed by atoms with E-state index in [1.807, 2.05) is 45.0 Å². The number of carbonyl (C=O) groups is 2. The van der Waals surface area contributed by atoms with E-state index in [0.29, 0.717) is 13.1 Å².